The van der Waals surface area contributed by atoms with Crippen molar-refractivity contribution in [1.29, 1.82) is 0 Å². The van der Waals surface area contributed by atoms with Gasteiger partial charge in [0.2, 0.25) is 5.89 Å². The molecule has 0 bridgehead atoms. The Hall–Kier alpha value is -2.41. The van der Waals surface area contributed by atoms with Crippen molar-refractivity contribution in [3.8, 4) is 0 Å². The quantitative estimate of drug-likeness (QED) is 0.666. The van der Waals surface area contributed by atoms with Crippen LogP contribution in [0.25, 0.3) is 0 Å². The van der Waals surface area contributed by atoms with E-state index in [1.54, 1.807) is 0 Å². The van der Waals surface area contributed by atoms with Gasteiger partial charge >= 0.3 is 6.03 Å². The monoisotopic (exact) mass is 372 g/mol. The van der Waals surface area contributed by atoms with Crippen LogP contribution in [-0.2, 0) is 17.8 Å². The van der Waals surface area contributed by atoms with Gasteiger partial charge in [-0.1, -0.05) is 35.5 Å². The van der Waals surface area contributed by atoms with Crippen LogP contribution in [0.1, 0.15) is 43.5 Å². The maximum atomic E-state index is 12.4. The van der Waals surface area contributed by atoms with Gasteiger partial charge in [0.05, 0.1) is 19.1 Å². The minimum atomic E-state index is 0.0940. The molecule has 2 amide bonds. The van der Waals surface area contributed by atoms with Gasteiger partial charge in [-0.25, -0.2) is 4.79 Å². The van der Waals surface area contributed by atoms with Crippen molar-refractivity contribution < 1.29 is 14.1 Å². The highest BCUT2D eigenvalue weighted by Crippen LogP contribution is 2.26. The Labute approximate surface area is 160 Å². The molecule has 2 heterocycles. The molecule has 1 fully saturated rings. The van der Waals surface area contributed by atoms with Gasteiger partial charge in [0.1, 0.15) is 0 Å². The Kier molecular flexibility index (Phi) is 6.81. The van der Waals surface area contributed by atoms with E-state index < -0.39 is 0 Å². The van der Waals surface area contributed by atoms with Gasteiger partial charge in [0, 0.05) is 32.6 Å². The Morgan fingerprint density at radius 3 is 2.81 bits per heavy atom. The zero-order chi connectivity index (χ0) is 19.1. The summed E-state index contributed by atoms with van der Waals surface area (Å²) in [6.45, 7) is 7.95. The first-order valence-corrected chi connectivity index (χ1v) is 9.69. The van der Waals surface area contributed by atoms with Crippen molar-refractivity contribution >= 4 is 6.03 Å². The Balaban J connectivity index is 1.44. The summed E-state index contributed by atoms with van der Waals surface area (Å²) in [5, 5.41) is 4.06. The lowest BCUT2D eigenvalue weighted by Crippen LogP contribution is -2.41. The molecule has 1 aromatic heterocycles. The van der Waals surface area contributed by atoms with Crippen molar-refractivity contribution in [3.63, 3.8) is 0 Å². The van der Waals surface area contributed by atoms with E-state index in [1.807, 2.05) is 54.0 Å². The molecule has 0 spiro atoms. The molecule has 1 aliphatic rings. The second kappa shape index (κ2) is 9.50. The van der Waals surface area contributed by atoms with E-state index in [4.69, 9.17) is 9.26 Å². The third-order valence-electron chi connectivity index (χ3n) is 4.91. The van der Waals surface area contributed by atoms with E-state index in [-0.39, 0.29) is 11.9 Å². The van der Waals surface area contributed by atoms with E-state index in [0.717, 1.165) is 31.6 Å². The van der Waals surface area contributed by atoms with Crippen LogP contribution < -0.4 is 0 Å². The van der Waals surface area contributed by atoms with Crippen molar-refractivity contribution in [3.05, 3.63) is 47.6 Å². The molecule has 3 rings (SSSR count). The van der Waals surface area contributed by atoms with Crippen LogP contribution in [0.15, 0.2) is 34.9 Å². The fourth-order valence-electron chi connectivity index (χ4n) is 3.29. The number of benzene rings is 1. The summed E-state index contributed by atoms with van der Waals surface area (Å²) >= 11 is 0. The van der Waals surface area contributed by atoms with Crippen molar-refractivity contribution in [2.24, 2.45) is 0 Å². The number of carbonyl (C=O) groups is 1. The van der Waals surface area contributed by atoms with Crippen LogP contribution in [0.4, 0.5) is 4.79 Å². The zero-order valence-corrected chi connectivity index (χ0v) is 16.1. The van der Waals surface area contributed by atoms with Gasteiger partial charge in [-0.2, -0.15) is 4.98 Å². The summed E-state index contributed by atoms with van der Waals surface area (Å²) in [5.74, 6) is 1.41. The first-order valence-electron chi connectivity index (χ1n) is 9.69. The smallest absolute Gasteiger partial charge is 0.320 e. The molecule has 7 heteroatoms. The second-order valence-electron chi connectivity index (χ2n) is 6.72. The SMILES string of the molecule is CCN(CC)C(=O)N1CCC(c2nc(CCOCc3ccccc3)no2)C1. The second-order valence-corrected chi connectivity index (χ2v) is 6.72. The molecule has 1 aromatic carbocycles. The average Bonchev–Trinajstić information content (AvgIpc) is 3.36. The normalized spacial score (nSPS) is 16.7. The number of amides is 2. The molecular weight excluding hydrogens is 344 g/mol. The van der Waals surface area contributed by atoms with Gasteiger partial charge in [0.15, 0.2) is 5.82 Å². The fraction of sp³-hybridized carbons (Fsp3) is 0.550. The van der Waals surface area contributed by atoms with Gasteiger partial charge < -0.3 is 19.1 Å². The summed E-state index contributed by atoms with van der Waals surface area (Å²) in [5.41, 5.74) is 1.15. The first kappa shape index (κ1) is 19.4. The average molecular weight is 372 g/mol. The number of hydrogen-bond donors (Lipinski definition) is 0. The number of ether oxygens (including phenoxy) is 1. The Morgan fingerprint density at radius 2 is 2.07 bits per heavy atom. The molecule has 27 heavy (non-hydrogen) atoms. The van der Waals surface area contributed by atoms with E-state index in [0.29, 0.717) is 37.9 Å². The van der Waals surface area contributed by atoms with Crippen LogP contribution in [0.2, 0.25) is 0 Å². The van der Waals surface area contributed by atoms with Crippen molar-refractivity contribution in [1.82, 2.24) is 19.9 Å². The highest BCUT2D eigenvalue weighted by molar-refractivity contribution is 5.74. The molecule has 1 saturated heterocycles. The van der Waals surface area contributed by atoms with Gasteiger partial charge in [-0.3, -0.25) is 0 Å². The lowest BCUT2D eigenvalue weighted by molar-refractivity contribution is 0.122. The maximum absolute atomic E-state index is 12.4. The molecule has 0 N–H and O–H groups in total. The van der Waals surface area contributed by atoms with E-state index in [9.17, 15) is 4.79 Å². The largest absolute Gasteiger partial charge is 0.376 e. The Morgan fingerprint density at radius 1 is 1.30 bits per heavy atom. The van der Waals surface area contributed by atoms with Gasteiger partial charge in [0.25, 0.3) is 0 Å². The van der Waals surface area contributed by atoms with Crippen LogP contribution in [0.5, 0.6) is 0 Å². The van der Waals surface area contributed by atoms with E-state index in [1.165, 1.54) is 0 Å². The minimum absolute atomic E-state index is 0.0940. The summed E-state index contributed by atoms with van der Waals surface area (Å²) in [6.07, 6.45) is 1.48. The van der Waals surface area contributed by atoms with E-state index in [2.05, 4.69) is 10.1 Å². The standard InChI is InChI=1S/C20H28N4O3/c1-3-23(4-2)20(25)24-12-10-17(14-24)19-21-18(22-27-19)11-13-26-15-16-8-6-5-7-9-16/h5-9,17H,3-4,10-15H2,1-2H3. The van der Waals surface area contributed by atoms with E-state index >= 15 is 0 Å². The molecule has 7 nitrogen and oxygen atoms in total. The molecule has 0 aliphatic carbocycles. The van der Waals surface area contributed by atoms with Crippen LogP contribution in [0.3, 0.4) is 0 Å². The third-order valence-corrected chi connectivity index (χ3v) is 4.91. The highest BCUT2D eigenvalue weighted by Gasteiger charge is 2.32. The number of hydrogen-bond acceptors (Lipinski definition) is 5. The minimum Gasteiger partial charge on any atom is -0.376 e. The summed E-state index contributed by atoms with van der Waals surface area (Å²) < 4.78 is 11.1. The summed E-state index contributed by atoms with van der Waals surface area (Å²) in [6, 6.07) is 10.2. The number of nitrogens with zero attached hydrogens (tertiary/aromatic N) is 4. The van der Waals surface area contributed by atoms with Crippen LogP contribution in [-0.4, -0.2) is 58.8 Å². The van der Waals surface area contributed by atoms with Gasteiger partial charge in [-0.05, 0) is 25.8 Å². The number of carbonyl (C=O) groups excluding carboxylic acids is 1. The predicted octanol–water partition coefficient (Wildman–Crippen LogP) is 3.08. The molecule has 1 atom stereocenters. The molecule has 1 aliphatic heterocycles. The highest BCUT2D eigenvalue weighted by atomic mass is 16.5. The maximum Gasteiger partial charge on any atom is 0.320 e. The summed E-state index contributed by atoms with van der Waals surface area (Å²) in [4.78, 5) is 20.7. The van der Waals surface area contributed by atoms with Crippen LogP contribution >= 0.6 is 0 Å². The zero-order valence-electron chi connectivity index (χ0n) is 16.1. The third kappa shape index (κ3) is 5.07. The molecule has 0 radical (unpaired) electrons. The summed E-state index contributed by atoms with van der Waals surface area (Å²) in [7, 11) is 0. The predicted molar refractivity (Wildman–Crippen MR) is 101 cm³/mol. The van der Waals surface area contributed by atoms with Crippen molar-refractivity contribution in [2.75, 3.05) is 32.8 Å². The van der Waals surface area contributed by atoms with Gasteiger partial charge in [-0.15, -0.1) is 0 Å². The molecule has 0 saturated carbocycles. The number of urea groups is 1. The fourth-order valence-corrected chi connectivity index (χ4v) is 3.29. The number of likely N-dealkylation sites (tertiary alicyclic amines) is 1. The van der Waals surface area contributed by atoms with Crippen LogP contribution in [0, 0.1) is 0 Å². The van der Waals surface area contributed by atoms with Crippen molar-refractivity contribution in [2.45, 2.75) is 39.2 Å². The molecule has 2 aromatic rings. The Bertz CT molecular complexity index is 715. The topological polar surface area (TPSA) is 71.7 Å². The number of rotatable bonds is 8. The molecule has 1 unspecified atom stereocenters. The number of aromatic nitrogens is 2. The molecular formula is C20H28N4O3. The lowest BCUT2D eigenvalue weighted by atomic mass is 10.1. The lowest BCUT2D eigenvalue weighted by Gasteiger charge is -2.25. The first-order chi connectivity index (χ1) is 13.2. The molecule has 146 valence electrons.